The van der Waals surface area contributed by atoms with Crippen LogP contribution in [-0.2, 0) is 25.6 Å². The first-order valence-electron chi connectivity index (χ1n) is 7.46. The second-order valence-electron chi connectivity index (χ2n) is 5.41. The van der Waals surface area contributed by atoms with Gasteiger partial charge >= 0.3 is 0 Å². The highest BCUT2D eigenvalue weighted by atomic mass is 16.7. The fraction of sp³-hybridized carbons (Fsp3) is 0.625. The van der Waals surface area contributed by atoms with E-state index in [0.717, 1.165) is 5.56 Å². The van der Waals surface area contributed by atoms with Gasteiger partial charge in [0.1, 0.15) is 30.5 Å². The summed E-state index contributed by atoms with van der Waals surface area (Å²) in [5.41, 5.74) is 0.972. The molecule has 0 saturated carbocycles. The molecule has 130 valence electrons. The third kappa shape index (κ3) is 4.27. The molecule has 7 heteroatoms. The number of hydrogen-bond donors (Lipinski definition) is 3. The molecular weight excluding hydrogens is 304 g/mol. The number of hydrogen-bond acceptors (Lipinski definition) is 7. The third-order valence-electron chi connectivity index (χ3n) is 3.93. The Kier molecular flexibility index (Phi) is 6.91. The quantitative estimate of drug-likeness (QED) is 0.601. The van der Waals surface area contributed by atoms with Crippen molar-refractivity contribution in [2.45, 2.75) is 43.4 Å². The molecule has 23 heavy (non-hydrogen) atoms. The Morgan fingerprint density at radius 2 is 1.74 bits per heavy atom. The Morgan fingerprint density at radius 3 is 2.30 bits per heavy atom. The van der Waals surface area contributed by atoms with Gasteiger partial charge in [0.05, 0.1) is 13.2 Å². The SMILES string of the molecule is COC1[C@@H](OCc2ccccc2)O[C@H]([C@@H](O)[C@@H](O)CO)[C@H]1OC. The smallest absolute Gasteiger partial charge is 0.187 e. The first kappa shape index (κ1) is 18.3. The average Bonchev–Trinajstić information content (AvgIpc) is 2.96. The van der Waals surface area contributed by atoms with Crippen molar-refractivity contribution in [1.82, 2.24) is 0 Å². The number of aliphatic hydroxyl groups excluding tert-OH is 3. The zero-order chi connectivity index (χ0) is 16.8. The second-order valence-corrected chi connectivity index (χ2v) is 5.41. The Bertz CT molecular complexity index is 455. The largest absolute Gasteiger partial charge is 0.394 e. The average molecular weight is 328 g/mol. The summed E-state index contributed by atoms with van der Waals surface area (Å²) >= 11 is 0. The van der Waals surface area contributed by atoms with Gasteiger partial charge in [0, 0.05) is 14.2 Å². The van der Waals surface area contributed by atoms with Crippen LogP contribution in [0.25, 0.3) is 0 Å². The lowest BCUT2D eigenvalue weighted by Gasteiger charge is -2.26. The van der Waals surface area contributed by atoms with E-state index in [4.69, 9.17) is 24.1 Å². The Labute approximate surface area is 135 Å². The highest BCUT2D eigenvalue weighted by Crippen LogP contribution is 2.30. The van der Waals surface area contributed by atoms with Gasteiger partial charge < -0.3 is 34.3 Å². The van der Waals surface area contributed by atoms with Crippen molar-refractivity contribution < 1.29 is 34.3 Å². The molecule has 1 saturated heterocycles. The van der Waals surface area contributed by atoms with Gasteiger partial charge in [-0.1, -0.05) is 30.3 Å². The lowest BCUT2D eigenvalue weighted by Crippen LogP contribution is -2.47. The van der Waals surface area contributed by atoms with Crippen LogP contribution in [0, 0.1) is 0 Å². The fourth-order valence-electron chi connectivity index (χ4n) is 2.65. The molecule has 1 aliphatic heterocycles. The highest BCUT2D eigenvalue weighted by molar-refractivity contribution is 5.13. The van der Waals surface area contributed by atoms with Gasteiger partial charge in [0.25, 0.3) is 0 Å². The lowest BCUT2D eigenvalue weighted by atomic mass is 10.0. The van der Waals surface area contributed by atoms with Crippen molar-refractivity contribution in [3.63, 3.8) is 0 Å². The monoisotopic (exact) mass is 328 g/mol. The number of ether oxygens (including phenoxy) is 4. The van der Waals surface area contributed by atoms with Gasteiger partial charge in [-0.25, -0.2) is 0 Å². The minimum absolute atomic E-state index is 0.313. The van der Waals surface area contributed by atoms with Crippen molar-refractivity contribution in [2.75, 3.05) is 20.8 Å². The summed E-state index contributed by atoms with van der Waals surface area (Å²) in [6.45, 7) is -0.266. The number of aliphatic hydroxyl groups is 3. The van der Waals surface area contributed by atoms with Crippen molar-refractivity contribution in [3.8, 4) is 0 Å². The molecule has 0 aromatic heterocycles. The van der Waals surface area contributed by atoms with Gasteiger partial charge in [0.15, 0.2) is 6.29 Å². The van der Waals surface area contributed by atoms with Crippen LogP contribution < -0.4 is 0 Å². The zero-order valence-corrected chi connectivity index (χ0v) is 13.2. The van der Waals surface area contributed by atoms with E-state index in [-0.39, 0.29) is 0 Å². The fourth-order valence-corrected chi connectivity index (χ4v) is 2.65. The molecule has 1 aromatic rings. The molecule has 1 aromatic carbocycles. The van der Waals surface area contributed by atoms with E-state index in [1.165, 1.54) is 14.2 Å². The summed E-state index contributed by atoms with van der Waals surface area (Å²) in [4.78, 5) is 0. The Morgan fingerprint density at radius 1 is 1.09 bits per heavy atom. The Hall–Kier alpha value is -1.06. The summed E-state index contributed by atoms with van der Waals surface area (Å²) in [5, 5.41) is 28.7. The normalized spacial score (nSPS) is 30.3. The molecule has 0 radical (unpaired) electrons. The molecule has 0 bridgehead atoms. The van der Waals surface area contributed by atoms with E-state index >= 15 is 0 Å². The zero-order valence-electron chi connectivity index (χ0n) is 13.2. The predicted molar refractivity (Wildman–Crippen MR) is 80.6 cm³/mol. The molecule has 7 nitrogen and oxygen atoms in total. The number of methoxy groups -OCH3 is 2. The van der Waals surface area contributed by atoms with E-state index in [1.807, 2.05) is 30.3 Å². The van der Waals surface area contributed by atoms with E-state index in [0.29, 0.717) is 6.61 Å². The predicted octanol–water partition coefficient (Wildman–Crippen LogP) is -0.328. The maximum atomic E-state index is 10.1. The summed E-state index contributed by atoms with van der Waals surface area (Å²) in [7, 11) is 2.96. The molecule has 1 aliphatic rings. The van der Waals surface area contributed by atoms with Gasteiger partial charge in [-0.2, -0.15) is 0 Å². The second kappa shape index (κ2) is 8.70. The van der Waals surface area contributed by atoms with E-state index in [2.05, 4.69) is 0 Å². The van der Waals surface area contributed by atoms with Gasteiger partial charge in [-0.05, 0) is 5.56 Å². The number of rotatable bonds is 8. The maximum Gasteiger partial charge on any atom is 0.187 e. The summed E-state index contributed by atoms with van der Waals surface area (Å²) in [5.74, 6) is 0. The van der Waals surface area contributed by atoms with Crippen LogP contribution >= 0.6 is 0 Å². The summed E-state index contributed by atoms with van der Waals surface area (Å²) < 4.78 is 22.1. The highest BCUT2D eigenvalue weighted by Gasteiger charge is 2.50. The first-order valence-corrected chi connectivity index (χ1v) is 7.46. The molecule has 1 unspecified atom stereocenters. The minimum atomic E-state index is -1.33. The molecule has 0 spiro atoms. The van der Waals surface area contributed by atoms with Crippen molar-refractivity contribution in [1.29, 1.82) is 0 Å². The standard InChI is InChI=1S/C16H24O7/c1-20-14-13(12(19)11(18)8-17)23-16(15(14)21-2)22-9-10-6-4-3-5-7-10/h3-7,11-19H,8-9H2,1-2H3/t11-,12-,13+,14+,15?,16-/m0/s1. The molecular formula is C16H24O7. The van der Waals surface area contributed by atoms with E-state index in [9.17, 15) is 10.2 Å². The molecule has 0 amide bonds. The molecule has 3 N–H and O–H groups in total. The molecule has 0 aliphatic carbocycles. The van der Waals surface area contributed by atoms with Crippen LogP contribution in [0.1, 0.15) is 5.56 Å². The van der Waals surface area contributed by atoms with Gasteiger partial charge in [-0.15, -0.1) is 0 Å². The van der Waals surface area contributed by atoms with E-state index in [1.54, 1.807) is 0 Å². The molecule has 1 heterocycles. The number of benzene rings is 1. The molecule has 6 atom stereocenters. The maximum absolute atomic E-state index is 10.1. The van der Waals surface area contributed by atoms with Crippen LogP contribution in [-0.4, -0.2) is 73.0 Å². The third-order valence-corrected chi connectivity index (χ3v) is 3.93. The molecule has 2 rings (SSSR count). The van der Waals surface area contributed by atoms with Crippen LogP contribution in [0.15, 0.2) is 30.3 Å². The van der Waals surface area contributed by atoms with Gasteiger partial charge in [-0.3, -0.25) is 0 Å². The van der Waals surface area contributed by atoms with Crippen molar-refractivity contribution in [2.24, 2.45) is 0 Å². The van der Waals surface area contributed by atoms with E-state index < -0.39 is 43.4 Å². The van der Waals surface area contributed by atoms with Crippen LogP contribution in [0.3, 0.4) is 0 Å². The first-order chi connectivity index (χ1) is 11.1. The summed E-state index contributed by atoms with van der Waals surface area (Å²) in [6, 6.07) is 9.57. The lowest BCUT2D eigenvalue weighted by molar-refractivity contribution is -0.196. The topological polar surface area (TPSA) is 97.6 Å². The van der Waals surface area contributed by atoms with Crippen LogP contribution in [0.5, 0.6) is 0 Å². The van der Waals surface area contributed by atoms with Crippen molar-refractivity contribution >= 4 is 0 Å². The summed E-state index contributed by atoms with van der Waals surface area (Å²) in [6.07, 6.45) is -5.45. The van der Waals surface area contributed by atoms with Crippen LogP contribution in [0.2, 0.25) is 0 Å². The Balaban J connectivity index is 2.04. The minimum Gasteiger partial charge on any atom is -0.394 e. The van der Waals surface area contributed by atoms with Crippen molar-refractivity contribution in [3.05, 3.63) is 35.9 Å². The molecule has 1 fully saturated rings. The van der Waals surface area contributed by atoms with Gasteiger partial charge in [0.2, 0.25) is 0 Å². The van der Waals surface area contributed by atoms with Crippen LogP contribution in [0.4, 0.5) is 0 Å².